The Morgan fingerprint density at radius 2 is 2.28 bits per heavy atom. The van der Waals surface area contributed by atoms with Gasteiger partial charge in [-0.05, 0) is 24.8 Å². The molecule has 5 heteroatoms. The minimum Gasteiger partial charge on any atom is -0.391 e. The Hall–Kier alpha value is -1.36. The highest BCUT2D eigenvalue weighted by Crippen LogP contribution is 2.06. The standard InChI is InChI=1S/C13H23N3O2/c1-4-5-11(17)8-14-13(18)12-7-10(15-16-12)6-9(2)3/h7,9,11,17H,4-6,8H2,1-3H3,(H,14,18)(H,15,16). The van der Waals surface area contributed by atoms with E-state index in [0.717, 1.165) is 18.5 Å². The molecule has 18 heavy (non-hydrogen) atoms. The number of nitrogens with one attached hydrogen (secondary N) is 2. The van der Waals surface area contributed by atoms with Gasteiger partial charge in [0, 0.05) is 12.2 Å². The lowest BCUT2D eigenvalue weighted by atomic mass is 10.1. The molecule has 3 N–H and O–H groups in total. The van der Waals surface area contributed by atoms with Crippen molar-refractivity contribution in [3.05, 3.63) is 17.5 Å². The van der Waals surface area contributed by atoms with E-state index in [2.05, 4.69) is 29.4 Å². The van der Waals surface area contributed by atoms with Crippen LogP contribution in [-0.4, -0.2) is 33.9 Å². The molecule has 1 aromatic rings. The van der Waals surface area contributed by atoms with Gasteiger partial charge in [0.25, 0.3) is 5.91 Å². The lowest BCUT2D eigenvalue weighted by molar-refractivity contribution is 0.0905. The van der Waals surface area contributed by atoms with Crippen molar-refractivity contribution in [3.63, 3.8) is 0 Å². The molecule has 1 unspecified atom stereocenters. The minimum atomic E-state index is -0.479. The Labute approximate surface area is 108 Å². The summed E-state index contributed by atoms with van der Waals surface area (Å²) in [6.45, 7) is 6.50. The second-order valence-electron chi connectivity index (χ2n) is 5.03. The first-order valence-corrected chi connectivity index (χ1v) is 6.53. The van der Waals surface area contributed by atoms with Gasteiger partial charge in [-0.25, -0.2) is 0 Å². The molecule has 1 aromatic heterocycles. The fourth-order valence-electron chi connectivity index (χ4n) is 1.76. The number of aliphatic hydroxyl groups is 1. The molecule has 0 aliphatic heterocycles. The molecule has 0 aliphatic carbocycles. The van der Waals surface area contributed by atoms with Crippen LogP contribution in [0.15, 0.2) is 6.07 Å². The van der Waals surface area contributed by atoms with Gasteiger partial charge in [0.15, 0.2) is 0 Å². The van der Waals surface area contributed by atoms with E-state index in [4.69, 9.17) is 0 Å². The van der Waals surface area contributed by atoms with E-state index in [1.807, 2.05) is 6.92 Å². The van der Waals surface area contributed by atoms with Crippen LogP contribution in [0.4, 0.5) is 0 Å². The van der Waals surface area contributed by atoms with Gasteiger partial charge in [-0.1, -0.05) is 27.2 Å². The molecule has 1 heterocycles. The maximum Gasteiger partial charge on any atom is 0.271 e. The molecule has 102 valence electrons. The maximum atomic E-state index is 11.7. The third kappa shape index (κ3) is 4.87. The van der Waals surface area contributed by atoms with Crippen molar-refractivity contribution in [1.82, 2.24) is 15.5 Å². The fourth-order valence-corrected chi connectivity index (χ4v) is 1.76. The summed E-state index contributed by atoms with van der Waals surface area (Å²) in [4.78, 5) is 11.7. The molecule has 0 radical (unpaired) electrons. The number of aromatic nitrogens is 2. The number of carbonyl (C=O) groups is 1. The van der Waals surface area contributed by atoms with Crippen molar-refractivity contribution in [2.45, 2.75) is 46.1 Å². The van der Waals surface area contributed by atoms with E-state index in [1.165, 1.54) is 0 Å². The summed E-state index contributed by atoms with van der Waals surface area (Å²) in [5, 5.41) is 19.0. The highest BCUT2D eigenvalue weighted by atomic mass is 16.3. The molecule has 0 aliphatic rings. The lowest BCUT2D eigenvalue weighted by Gasteiger charge is -2.09. The monoisotopic (exact) mass is 253 g/mol. The number of hydrogen-bond donors (Lipinski definition) is 3. The van der Waals surface area contributed by atoms with Gasteiger partial charge >= 0.3 is 0 Å². The summed E-state index contributed by atoms with van der Waals surface area (Å²) in [6, 6.07) is 1.77. The van der Waals surface area contributed by atoms with Gasteiger partial charge in [-0.15, -0.1) is 0 Å². The lowest BCUT2D eigenvalue weighted by Crippen LogP contribution is -2.32. The Morgan fingerprint density at radius 1 is 1.56 bits per heavy atom. The summed E-state index contributed by atoms with van der Waals surface area (Å²) in [7, 11) is 0. The molecule has 0 saturated heterocycles. The van der Waals surface area contributed by atoms with Crippen molar-refractivity contribution in [1.29, 1.82) is 0 Å². The first-order chi connectivity index (χ1) is 8.52. The molecule has 0 spiro atoms. The van der Waals surface area contributed by atoms with E-state index in [9.17, 15) is 9.90 Å². The van der Waals surface area contributed by atoms with Gasteiger partial charge in [-0.2, -0.15) is 5.10 Å². The number of aliphatic hydroxyl groups excluding tert-OH is 1. The zero-order chi connectivity index (χ0) is 13.5. The van der Waals surface area contributed by atoms with E-state index in [0.29, 0.717) is 18.0 Å². The Morgan fingerprint density at radius 3 is 2.89 bits per heavy atom. The maximum absolute atomic E-state index is 11.7. The largest absolute Gasteiger partial charge is 0.391 e. The van der Waals surface area contributed by atoms with E-state index in [1.54, 1.807) is 6.07 Å². The topological polar surface area (TPSA) is 78.0 Å². The summed E-state index contributed by atoms with van der Waals surface area (Å²) >= 11 is 0. The number of H-pyrrole nitrogens is 1. The van der Waals surface area contributed by atoms with Crippen LogP contribution in [0, 0.1) is 5.92 Å². The van der Waals surface area contributed by atoms with Crippen molar-refractivity contribution in [2.75, 3.05) is 6.54 Å². The molecule has 1 rings (SSSR count). The third-order valence-electron chi connectivity index (χ3n) is 2.61. The van der Waals surface area contributed by atoms with E-state index in [-0.39, 0.29) is 12.5 Å². The Kier molecular flexibility index (Phi) is 5.85. The molecule has 1 amide bonds. The Bertz CT molecular complexity index is 374. The van der Waals surface area contributed by atoms with Crippen molar-refractivity contribution >= 4 is 5.91 Å². The number of nitrogens with zero attached hydrogens (tertiary/aromatic N) is 1. The van der Waals surface area contributed by atoms with Crippen LogP contribution < -0.4 is 5.32 Å². The zero-order valence-corrected chi connectivity index (χ0v) is 11.4. The number of amides is 1. The summed E-state index contributed by atoms with van der Waals surface area (Å²) in [5.74, 6) is 0.282. The van der Waals surface area contributed by atoms with Crippen molar-refractivity contribution < 1.29 is 9.90 Å². The molecular formula is C13H23N3O2. The van der Waals surface area contributed by atoms with Crippen molar-refractivity contribution in [3.8, 4) is 0 Å². The van der Waals surface area contributed by atoms with Crippen LogP contribution in [-0.2, 0) is 6.42 Å². The molecule has 1 atom stereocenters. The number of carbonyl (C=O) groups excluding carboxylic acids is 1. The third-order valence-corrected chi connectivity index (χ3v) is 2.61. The van der Waals surface area contributed by atoms with Crippen LogP contribution in [0.5, 0.6) is 0 Å². The predicted molar refractivity (Wildman–Crippen MR) is 70.4 cm³/mol. The minimum absolute atomic E-state index is 0.239. The SMILES string of the molecule is CCCC(O)CNC(=O)c1cc(CC(C)C)[nH]n1. The van der Waals surface area contributed by atoms with Gasteiger partial charge in [-0.3, -0.25) is 9.89 Å². The van der Waals surface area contributed by atoms with Crippen LogP contribution >= 0.6 is 0 Å². The van der Waals surface area contributed by atoms with E-state index >= 15 is 0 Å². The number of rotatable bonds is 7. The van der Waals surface area contributed by atoms with Crippen molar-refractivity contribution in [2.24, 2.45) is 5.92 Å². The molecule has 0 saturated carbocycles. The zero-order valence-electron chi connectivity index (χ0n) is 11.4. The average molecular weight is 253 g/mol. The highest BCUT2D eigenvalue weighted by Gasteiger charge is 2.12. The summed E-state index contributed by atoms with van der Waals surface area (Å²) < 4.78 is 0. The van der Waals surface area contributed by atoms with Crippen LogP contribution in [0.3, 0.4) is 0 Å². The highest BCUT2D eigenvalue weighted by molar-refractivity contribution is 5.92. The van der Waals surface area contributed by atoms with Gasteiger partial charge in [0.2, 0.25) is 0 Å². The molecule has 0 aromatic carbocycles. The fraction of sp³-hybridized carbons (Fsp3) is 0.692. The van der Waals surface area contributed by atoms with Crippen LogP contribution in [0.1, 0.15) is 49.8 Å². The van der Waals surface area contributed by atoms with Gasteiger partial charge in [0.05, 0.1) is 6.10 Å². The second-order valence-corrected chi connectivity index (χ2v) is 5.03. The predicted octanol–water partition coefficient (Wildman–Crippen LogP) is 1.50. The van der Waals surface area contributed by atoms with E-state index < -0.39 is 6.10 Å². The summed E-state index contributed by atoms with van der Waals surface area (Å²) in [6.07, 6.45) is 1.99. The average Bonchev–Trinajstić information content (AvgIpc) is 2.74. The number of hydrogen-bond acceptors (Lipinski definition) is 3. The number of aromatic amines is 1. The Balaban J connectivity index is 2.44. The first-order valence-electron chi connectivity index (χ1n) is 6.53. The normalized spacial score (nSPS) is 12.7. The van der Waals surface area contributed by atoms with Crippen LogP contribution in [0.2, 0.25) is 0 Å². The van der Waals surface area contributed by atoms with Crippen LogP contribution in [0.25, 0.3) is 0 Å². The molecular weight excluding hydrogens is 230 g/mol. The molecule has 0 fully saturated rings. The smallest absolute Gasteiger partial charge is 0.271 e. The first kappa shape index (κ1) is 14.7. The van der Waals surface area contributed by atoms with Gasteiger partial charge < -0.3 is 10.4 Å². The van der Waals surface area contributed by atoms with Gasteiger partial charge in [0.1, 0.15) is 5.69 Å². The molecule has 0 bridgehead atoms. The second kappa shape index (κ2) is 7.16. The molecule has 5 nitrogen and oxygen atoms in total. The summed E-state index contributed by atoms with van der Waals surface area (Å²) in [5.41, 5.74) is 1.35. The quantitative estimate of drug-likeness (QED) is 0.689.